The fraction of sp³-hybridized carbons (Fsp3) is 0.280. The summed E-state index contributed by atoms with van der Waals surface area (Å²) in [6.07, 6.45) is 2.33. The summed E-state index contributed by atoms with van der Waals surface area (Å²) in [6, 6.07) is 14.3. The van der Waals surface area contributed by atoms with E-state index in [1.807, 2.05) is 41.6 Å². The van der Waals surface area contributed by atoms with Crippen LogP contribution in [0.25, 0.3) is 21.5 Å². The number of hydrogen-bond donors (Lipinski definition) is 1. The summed E-state index contributed by atoms with van der Waals surface area (Å²) in [5.41, 5.74) is 5.09. The van der Waals surface area contributed by atoms with Crippen molar-refractivity contribution in [3.8, 4) is 11.3 Å². The van der Waals surface area contributed by atoms with Gasteiger partial charge in [-0.15, -0.1) is 11.3 Å². The molecule has 1 fully saturated rings. The van der Waals surface area contributed by atoms with Gasteiger partial charge in [-0.05, 0) is 43.2 Å². The smallest absolute Gasteiger partial charge is 0.222 e. The molecule has 8 heteroatoms. The predicted octanol–water partition coefficient (Wildman–Crippen LogP) is 5.75. The third kappa shape index (κ3) is 4.71. The summed E-state index contributed by atoms with van der Waals surface area (Å²) in [6.45, 7) is 3.27. The highest BCUT2D eigenvalue weighted by Crippen LogP contribution is 2.31. The Balaban J connectivity index is 1.54. The summed E-state index contributed by atoms with van der Waals surface area (Å²) in [5.74, 6) is 1.17. The first-order valence-electron chi connectivity index (χ1n) is 11.1. The quantitative estimate of drug-likeness (QED) is 0.410. The first-order valence-corrected chi connectivity index (χ1v) is 12.0. The number of piperidine rings is 1. The molecule has 0 bridgehead atoms. The van der Waals surface area contributed by atoms with Gasteiger partial charge in [0.2, 0.25) is 5.91 Å². The van der Waals surface area contributed by atoms with E-state index in [0.717, 1.165) is 40.9 Å². The molecule has 1 unspecified atom stereocenters. The zero-order valence-corrected chi connectivity index (χ0v) is 19.1. The van der Waals surface area contributed by atoms with Crippen molar-refractivity contribution in [3.63, 3.8) is 0 Å². The van der Waals surface area contributed by atoms with Crippen LogP contribution >= 0.6 is 11.3 Å². The topological polar surface area (TPSA) is 71.0 Å². The number of benzene rings is 2. The second kappa shape index (κ2) is 9.23. The second-order valence-corrected chi connectivity index (χ2v) is 9.09. The van der Waals surface area contributed by atoms with E-state index in [0.29, 0.717) is 30.3 Å². The van der Waals surface area contributed by atoms with Crippen LogP contribution in [0.5, 0.6) is 0 Å². The highest BCUT2D eigenvalue weighted by Gasteiger charge is 2.26. The van der Waals surface area contributed by atoms with Crippen molar-refractivity contribution in [2.45, 2.75) is 32.1 Å². The number of thiazole rings is 1. The van der Waals surface area contributed by atoms with Gasteiger partial charge in [0.25, 0.3) is 0 Å². The van der Waals surface area contributed by atoms with E-state index in [1.165, 1.54) is 12.1 Å². The van der Waals surface area contributed by atoms with E-state index in [-0.39, 0.29) is 17.6 Å². The third-order valence-electron chi connectivity index (χ3n) is 5.91. The van der Waals surface area contributed by atoms with Crippen LogP contribution in [0.15, 0.2) is 54.0 Å². The predicted molar refractivity (Wildman–Crippen MR) is 129 cm³/mol. The number of rotatable bonds is 5. The van der Waals surface area contributed by atoms with Gasteiger partial charge in [-0.3, -0.25) is 4.79 Å². The van der Waals surface area contributed by atoms with Crippen LogP contribution in [0.4, 0.5) is 15.9 Å². The van der Waals surface area contributed by atoms with Crippen LogP contribution in [0.2, 0.25) is 0 Å². The number of nitrogens with one attached hydrogen (secondary N) is 1. The number of aromatic nitrogens is 3. The molecule has 4 aromatic rings. The number of anilines is 2. The third-order valence-corrected chi connectivity index (χ3v) is 6.72. The summed E-state index contributed by atoms with van der Waals surface area (Å²) >= 11 is 1.60. The molecule has 1 aliphatic heterocycles. The zero-order chi connectivity index (χ0) is 22.8. The van der Waals surface area contributed by atoms with Gasteiger partial charge in [0.15, 0.2) is 0 Å². The molecule has 3 heterocycles. The number of carbonyl (C=O) groups excluding carboxylic acids is 1. The first-order chi connectivity index (χ1) is 16.1. The minimum Gasteiger partial charge on any atom is -0.342 e. The molecule has 1 aliphatic rings. The van der Waals surface area contributed by atoms with Gasteiger partial charge in [-0.2, -0.15) is 0 Å². The molecule has 33 heavy (non-hydrogen) atoms. The van der Waals surface area contributed by atoms with Crippen molar-refractivity contribution < 1.29 is 9.18 Å². The lowest BCUT2D eigenvalue weighted by Crippen LogP contribution is -2.39. The Hall–Kier alpha value is -3.39. The SMILES string of the molecule is CCC(=O)N1CCCC(c2nc(Nc3cccc(F)c3)cc(-c3ccc4scnc4c3)n2)C1. The average Bonchev–Trinajstić information content (AvgIpc) is 3.31. The lowest BCUT2D eigenvalue weighted by atomic mass is 9.96. The Morgan fingerprint density at radius 2 is 2.12 bits per heavy atom. The van der Waals surface area contributed by atoms with Crippen LogP contribution in [-0.2, 0) is 4.79 Å². The van der Waals surface area contributed by atoms with Crippen LogP contribution in [0, 0.1) is 5.82 Å². The van der Waals surface area contributed by atoms with Crippen molar-refractivity contribution in [3.05, 3.63) is 65.7 Å². The maximum atomic E-state index is 13.7. The number of nitrogens with zero attached hydrogens (tertiary/aromatic N) is 4. The summed E-state index contributed by atoms with van der Waals surface area (Å²) in [7, 11) is 0. The van der Waals surface area contributed by atoms with Crippen LogP contribution in [0.1, 0.15) is 37.9 Å². The standard InChI is InChI=1S/C25H24FN5OS/c1-2-24(32)31-10-4-5-17(14-31)25-29-20(16-8-9-22-21(11-16)27-15-33-22)13-23(30-25)28-19-7-3-6-18(26)12-19/h3,6-9,11-13,15,17H,2,4-5,10,14H2,1H3,(H,28,29,30). The van der Waals surface area contributed by atoms with Gasteiger partial charge >= 0.3 is 0 Å². The molecule has 1 amide bonds. The second-order valence-electron chi connectivity index (χ2n) is 8.20. The highest BCUT2D eigenvalue weighted by atomic mass is 32.1. The number of fused-ring (bicyclic) bond motifs is 1. The Morgan fingerprint density at radius 1 is 1.21 bits per heavy atom. The average molecular weight is 462 g/mol. The van der Waals surface area contributed by atoms with Crippen molar-refractivity contribution in [1.82, 2.24) is 19.9 Å². The number of carbonyl (C=O) groups is 1. The van der Waals surface area contributed by atoms with E-state index in [2.05, 4.69) is 10.3 Å². The van der Waals surface area contributed by atoms with Gasteiger partial charge in [-0.1, -0.05) is 19.1 Å². The molecule has 5 rings (SSSR count). The van der Waals surface area contributed by atoms with Crippen molar-refractivity contribution in [1.29, 1.82) is 0 Å². The van der Waals surface area contributed by atoms with E-state index in [4.69, 9.17) is 9.97 Å². The molecule has 0 saturated carbocycles. The molecule has 2 aromatic carbocycles. The Labute approximate surface area is 195 Å². The molecule has 2 aromatic heterocycles. The lowest BCUT2D eigenvalue weighted by Gasteiger charge is -2.32. The van der Waals surface area contributed by atoms with Gasteiger partial charge in [0.05, 0.1) is 21.4 Å². The Kier molecular flexibility index (Phi) is 6.00. The molecular formula is C25H24FN5OS. The van der Waals surface area contributed by atoms with Crippen molar-refractivity contribution in [2.24, 2.45) is 0 Å². The fourth-order valence-corrected chi connectivity index (χ4v) is 4.89. The fourth-order valence-electron chi connectivity index (χ4n) is 4.23. The number of hydrogen-bond acceptors (Lipinski definition) is 6. The summed E-state index contributed by atoms with van der Waals surface area (Å²) < 4.78 is 14.9. The molecular weight excluding hydrogens is 437 g/mol. The molecule has 6 nitrogen and oxygen atoms in total. The molecule has 0 radical (unpaired) electrons. The normalized spacial score (nSPS) is 16.2. The summed E-state index contributed by atoms with van der Waals surface area (Å²) in [4.78, 5) is 28.3. The van der Waals surface area contributed by atoms with E-state index in [1.54, 1.807) is 23.5 Å². The molecule has 0 aliphatic carbocycles. The number of halogens is 1. The maximum absolute atomic E-state index is 13.7. The molecule has 1 N–H and O–H groups in total. The van der Waals surface area contributed by atoms with E-state index in [9.17, 15) is 9.18 Å². The van der Waals surface area contributed by atoms with Crippen LogP contribution < -0.4 is 5.32 Å². The Bertz CT molecular complexity index is 1310. The van der Waals surface area contributed by atoms with Gasteiger partial charge < -0.3 is 10.2 Å². The largest absolute Gasteiger partial charge is 0.342 e. The minimum atomic E-state index is -0.315. The van der Waals surface area contributed by atoms with Crippen molar-refractivity contribution in [2.75, 3.05) is 18.4 Å². The number of amides is 1. The van der Waals surface area contributed by atoms with Crippen LogP contribution in [-0.4, -0.2) is 38.8 Å². The number of likely N-dealkylation sites (tertiary alicyclic amines) is 1. The lowest BCUT2D eigenvalue weighted by molar-refractivity contribution is -0.132. The van der Waals surface area contributed by atoms with E-state index < -0.39 is 0 Å². The molecule has 0 spiro atoms. The molecule has 168 valence electrons. The van der Waals surface area contributed by atoms with Gasteiger partial charge in [0.1, 0.15) is 17.5 Å². The molecule has 1 atom stereocenters. The van der Waals surface area contributed by atoms with Crippen molar-refractivity contribution >= 4 is 39.0 Å². The summed E-state index contributed by atoms with van der Waals surface area (Å²) in [5, 5.41) is 3.23. The Morgan fingerprint density at radius 3 is 2.97 bits per heavy atom. The van der Waals surface area contributed by atoms with Crippen LogP contribution in [0.3, 0.4) is 0 Å². The maximum Gasteiger partial charge on any atom is 0.222 e. The van der Waals surface area contributed by atoms with E-state index >= 15 is 0 Å². The first kappa shape index (κ1) is 21.5. The minimum absolute atomic E-state index is 0.0465. The zero-order valence-electron chi connectivity index (χ0n) is 18.3. The molecule has 1 saturated heterocycles. The van der Waals surface area contributed by atoms with Gasteiger partial charge in [-0.25, -0.2) is 19.3 Å². The highest BCUT2D eigenvalue weighted by molar-refractivity contribution is 7.16. The monoisotopic (exact) mass is 461 g/mol. The van der Waals surface area contributed by atoms with Gasteiger partial charge in [0, 0.05) is 42.7 Å².